The quantitative estimate of drug-likeness (QED) is 0.212. The van der Waals surface area contributed by atoms with Crippen LogP contribution in [0.15, 0.2) is 49.1 Å². The van der Waals surface area contributed by atoms with Crippen LogP contribution >= 0.6 is 0 Å². The molecule has 0 spiro atoms. The highest BCUT2D eigenvalue weighted by molar-refractivity contribution is 6.67. The second-order valence-corrected chi connectivity index (χ2v) is 9.40. The van der Waals surface area contributed by atoms with Crippen LogP contribution < -0.4 is 10.1 Å². The fourth-order valence-corrected chi connectivity index (χ4v) is 5.17. The molecule has 0 radical (unpaired) electrons. The summed E-state index contributed by atoms with van der Waals surface area (Å²) in [6.07, 6.45) is 4.25. The van der Waals surface area contributed by atoms with E-state index in [0.717, 1.165) is 0 Å². The zero-order valence-electron chi connectivity index (χ0n) is 20.5. The van der Waals surface area contributed by atoms with E-state index in [1.165, 1.54) is 30.5 Å². The highest BCUT2D eigenvalue weighted by atomic mass is 16.5. The Balaban J connectivity index is 1.15. The van der Waals surface area contributed by atoms with Crippen LogP contribution in [-0.4, -0.2) is 79.3 Å². The predicted molar refractivity (Wildman–Crippen MR) is 133 cm³/mol. The maximum atomic E-state index is 13.1. The molecule has 2 unspecified atom stereocenters. The van der Waals surface area contributed by atoms with E-state index >= 15 is 0 Å². The highest BCUT2D eigenvalue weighted by Crippen LogP contribution is 2.45. The first-order valence-corrected chi connectivity index (χ1v) is 12.0. The summed E-state index contributed by atoms with van der Waals surface area (Å²) in [5, 5.41) is 7.25. The fraction of sp³-hybridized carbons (Fsp3) is 0.269. The van der Waals surface area contributed by atoms with Crippen molar-refractivity contribution < 1.29 is 23.9 Å². The van der Waals surface area contributed by atoms with Crippen LogP contribution in [0.2, 0.25) is 0 Å². The SMILES string of the molecule is COc1cnc(-n2cnc(C)n2)c2[nH]cc(C(=O)C(=O)C(=O)NC3C4CN(C(=O)c5ccccc5)CC43)c12. The number of ether oxygens (including phenoxy) is 1. The molecule has 1 aliphatic heterocycles. The van der Waals surface area contributed by atoms with Crippen LogP contribution in [0, 0.1) is 18.8 Å². The first kappa shape index (κ1) is 23.5. The third-order valence-corrected chi connectivity index (χ3v) is 7.15. The van der Waals surface area contributed by atoms with E-state index in [4.69, 9.17) is 4.74 Å². The Kier molecular flexibility index (Phi) is 5.51. The minimum absolute atomic E-state index is 0.00638. The van der Waals surface area contributed by atoms with Gasteiger partial charge in [-0.05, 0) is 19.1 Å². The normalized spacial score (nSPS) is 19.7. The number of H-pyrrole nitrogens is 1. The Bertz CT molecular complexity index is 1600. The number of methoxy groups -OCH3 is 1. The second-order valence-electron chi connectivity index (χ2n) is 9.40. The molecule has 1 aliphatic carbocycles. The van der Waals surface area contributed by atoms with Gasteiger partial charge in [0.15, 0.2) is 5.82 Å². The van der Waals surface area contributed by atoms with E-state index in [9.17, 15) is 19.2 Å². The number of carbonyl (C=O) groups is 4. The Morgan fingerprint density at radius 3 is 2.47 bits per heavy atom. The molecule has 1 aromatic carbocycles. The number of hydrogen-bond donors (Lipinski definition) is 2. The number of aromatic nitrogens is 5. The molecule has 4 aromatic rings. The number of benzene rings is 1. The van der Waals surface area contributed by atoms with E-state index in [1.54, 1.807) is 24.0 Å². The van der Waals surface area contributed by atoms with Crippen molar-refractivity contribution in [3.05, 3.63) is 66.0 Å². The Morgan fingerprint density at radius 1 is 1.08 bits per heavy atom. The van der Waals surface area contributed by atoms with Gasteiger partial charge < -0.3 is 19.9 Å². The van der Waals surface area contributed by atoms with Crippen LogP contribution in [-0.2, 0) is 9.59 Å². The van der Waals surface area contributed by atoms with Gasteiger partial charge in [-0.3, -0.25) is 19.2 Å². The number of nitrogens with one attached hydrogen (secondary N) is 2. The number of aryl methyl sites for hydroxylation is 1. The lowest BCUT2D eigenvalue weighted by molar-refractivity contribution is -0.135. The van der Waals surface area contributed by atoms with Gasteiger partial charge in [-0.15, -0.1) is 0 Å². The van der Waals surface area contributed by atoms with Crippen molar-refractivity contribution in [2.75, 3.05) is 20.2 Å². The van der Waals surface area contributed by atoms with Gasteiger partial charge in [0.25, 0.3) is 17.6 Å². The van der Waals surface area contributed by atoms with Gasteiger partial charge in [-0.25, -0.2) is 14.6 Å². The number of amides is 2. The summed E-state index contributed by atoms with van der Waals surface area (Å²) in [7, 11) is 1.42. The maximum absolute atomic E-state index is 13.1. The van der Waals surface area contributed by atoms with Crippen LogP contribution in [0.4, 0.5) is 0 Å². The van der Waals surface area contributed by atoms with Crippen molar-refractivity contribution in [3.63, 3.8) is 0 Å². The van der Waals surface area contributed by atoms with Gasteiger partial charge in [0.05, 0.1) is 29.8 Å². The van der Waals surface area contributed by atoms with Crippen LogP contribution in [0.1, 0.15) is 26.5 Å². The molecule has 4 heterocycles. The lowest BCUT2D eigenvalue weighted by Gasteiger charge is -2.20. The van der Waals surface area contributed by atoms with Crippen molar-refractivity contribution in [1.29, 1.82) is 0 Å². The maximum Gasteiger partial charge on any atom is 0.296 e. The number of pyridine rings is 1. The summed E-state index contributed by atoms with van der Waals surface area (Å²) in [5.74, 6) is -1.90. The number of aromatic amines is 1. The van der Waals surface area contributed by atoms with E-state index in [2.05, 4.69) is 25.4 Å². The number of piperidine rings is 1. The Morgan fingerprint density at radius 2 is 1.82 bits per heavy atom. The molecule has 2 aliphatic rings. The zero-order valence-corrected chi connectivity index (χ0v) is 20.5. The van der Waals surface area contributed by atoms with Crippen LogP contribution in [0.25, 0.3) is 16.7 Å². The first-order chi connectivity index (χ1) is 18.4. The molecule has 2 atom stereocenters. The zero-order chi connectivity index (χ0) is 26.6. The minimum Gasteiger partial charge on any atom is -0.494 e. The van der Waals surface area contributed by atoms with Crippen molar-refractivity contribution in [2.45, 2.75) is 13.0 Å². The van der Waals surface area contributed by atoms with Gasteiger partial charge in [-0.1, -0.05) is 18.2 Å². The molecule has 192 valence electrons. The van der Waals surface area contributed by atoms with Gasteiger partial charge in [0, 0.05) is 42.7 Å². The van der Waals surface area contributed by atoms with Crippen molar-refractivity contribution in [2.24, 2.45) is 11.8 Å². The molecular formula is C26H23N7O5. The average molecular weight is 514 g/mol. The minimum atomic E-state index is -1.18. The standard InChI is InChI=1S/C26H23N7O5/c1-13-29-12-33(31-13)24-21-19(18(38-2)9-28-24)15(8-27-21)22(34)23(35)25(36)30-20-16-10-32(11-17(16)20)26(37)14-6-4-3-5-7-14/h3-9,12,16-17,20,27H,10-11H2,1-2H3,(H,30,36). The van der Waals surface area contributed by atoms with Crippen molar-refractivity contribution in [3.8, 4) is 11.6 Å². The second kappa shape index (κ2) is 8.91. The number of carbonyl (C=O) groups excluding carboxylic acids is 4. The van der Waals surface area contributed by atoms with Crippen molar-refractivity contribution >= 4 is 34.3 Å². The molecular weight excluding hydrogens is 490 g/mol. The number of nitrogens with zero attached hydrogens (tertiary/aromatic N) is 5. The van der Waals surface area contributed by atoms with E-state index < -0.39 is 17.5 Å². The van der Waals surface area contributed by atoms with E-state index in [0.29, 0.717) is 41.2 Å². The Labute approximate surface area is 216 Å². The Hall–Kier alpha value is -4.87. The van der Waals surface area contributed by atoms with Crippen LogP contribution in [0.3, 0.4) is 0 Å². The number of hydrogen-bond acceptors (Lipinski definition) is 8. The molecule has 1 saturated heterocycles. The highest BCUT2D eigenvalue weighted by Gasteiger charge is 2.57. The van der Waals surface area contributed by atoms with Gasteiger partial charge >= 0.3 is 0 Å². The number of likely N-dealkylation sites (tertiary alicyclic amines) is 1. The summed E-state index contributed by atoms with van der Waals surface area (Å²) in [5.41, 5.74) is 1.01. The van der Waals surface area contributed by atoms with Crippen LogP contribution in [0.5, 0.6) is 5.75 Å². The molecule has 38 heavy (non-hydrogen) atoms. The summed E-state index contributed by atoms with van der Waals surface area (Å²) < 4.78 is 6.81. The van der Waals surface area contributed by atoms with Gasteiger partial charge in [0.1, 0.15) is 17.9 Å². The molecule has 0 bridgehead atoms. The molecule has 12 nitrogen and oxygen atoms in total. The van der Waals surface area contributed by atoms with E-state index in [-0.39, 0.29) is 35.1 Å². The fourth-order valence-electron chi connectivity index (χ4n) is 5.17. The predicted octanol–water partition coefficient (Wildman–Crippen LogP) is 1.10. The summed E-state index contributed by atoms with van der Waals surface area (Å²) >= 11 is 0. The summed E-state index contributed by atoms with van der Waals surface area (Å²) in [6.45, 7) is 2.70. The molecule has 12 heteroatoms. The molecule has 1 saturated carbocycles. The number of ketones is 2. The molecule has 2 N–H and O–H groups in total. The monoisotopic (exact) mass is 513 g/mol. The number of fused-ring (bicyclic) bond motifs is 2. The average Bonchev–Trinajstić information content (AvgIpc) is 3.41. The topological polar surface area (TPSA) is 152 Å². The molecule has 2 amide bonds. The first-order valence-electron chi connectivity index (χ1n) is 12.0. The van der Waals surface area contributed by atoms with Gasteiger partial charge in [0.2, 0.25) is 5.78 Å². The lowest BCUT2D eigenvalue weighted by Crippen LogP contribution is -2.41. The molecule has 3 aromatic heterocycles. The van der Waals surface area contributed by atoms with E-state index in [1.807, 2.05) is 18.2 Å². The van der Waals surface area contributed by atoms with Crippen molar-refractivity contribution in [1.82, 2.24) is 34.9 Å². The molecule has 6 rings (SSSR count). The summed E-state index contributed by atoms with van der Waals surface area (Å²) in [4.78, 5) is 64.5. The van der Waals surface area contributed by atoms with Gasteiger partial charge in [-0.2, -0.15) is 5.10 Å². The third-order valence-electron chi connectivity index (χ3n) is 7.15. The smallest absolute Gasteiger partial charge is 0.296 e. The summed E-state index contributed by atoms with van der Waals surface area (Å²) in [6, 6.07) is 8.76. The lowest BCUT2D eigenvalue weighted by atomic mass is 10.1. The largest absolute Gasteiger partial charge is 0.494 e. The number of rotatable bonds is 7. The number of Topliss-reactive ketones (excluding diaryl/α,β-unsaturated/α-hetero) is 2. The third kappa shape index (κ3) is 3.81. The molecule has 2 fully saturated rings.